The lowest BCUT2D eigenvalue weighted by molar-refractivity contribution is -0.870. The number of carbonyl (C=O) groups excluding carboxylic acids is 1. The summed E-state index contributed by atoms with van der Waals surface area (Å²) in [6.45, 7) is 4.39. The number of rotatable bonds is 42. The van der Waals surface area contributed by atoms with E-state index in [0.29, 0.717) is 30.3 Å². The third-order valence-electron chi connectivity index (χ3n) is 10.6. The number of quaternary nitrogens is 1. The second-order valence-corrected chi connectivity index (χ2v) is 18.5. The summed E-state index contributed by atoms with van der Waals surface area (Å²) in [5.74, 6) is -0.215. The zero-order valence-electron chi connectivity index (χ0n) is 36.0. The van der Waals surface area contributed by atoms with Crippen LogP contribution in [0.4, 0.5) is 0 Å². The van der Waals surface area contributed by atoms with Crippen LogP contribution in [0.2, 0.25) is 0 Å². The molecule has 0 bridgehead atoms. The van der Waals surface area contributed by atoms with Crippen LogP contribution in [0.1, 0.15) is 226 Å². The van der Waals surface area contributed by atoms with E-state index in [-0.39, 0.29) is 19.1 Å². The lowest BCUT2D eigenvalue weighted by Gasteiger charge is -2.30. The highest BCUT2D eigenvalue weighted by molar-refractivity contribution is 7.45. The summed E-state index contributed by atoms with van der Waals surface area (Å²) in [6, 6.07) is -0.790. The fourth-order valence-corrected chi connectivity index (χ4v) is 7.69. The van der Waals surface area contributed by atoms with E-state index < -0.39 is 20.0 Å². The minimum atomic E-state index is -4.53. The van der Waals surface area contributed by atoms with Gasteiger partial charge in [0, 0.05) is 6.42 Å². The Labute approximate surface area is 329 Å². The van der Waals surface area contributed by atoms with Gasteiger partial charge in [0.2, 0.25) is 5.91 Å². The summed E-state index contributed by atoms with van der Waals surface area (Å²) in [5, 5.41) is 13.5. The van der Waals surface area contributed by atoms with Crippen LogP contribution < -0.4 is 10.2 Å². The summed E-state index contributed by atoms with van der Waals surface area (Å²) in [7, 11) is 1.31. The van der Waals surface area contributed by atoms with E-state index >= 15 is 0 Å². The minimum Gasteiger partial charge on any atom is -0.756 e. The van der Waals surface area contributed by atoms with Crippen LogP contribution in [0.15, 0.2) is 0 Å². The molecule has 0 saturated heterocycles. The monoisotopic (exact) mass is 775 g/mol. The number of phosphoric ester groups is 1. The number of phosphoric acid groups is 1. The average molecular weight is 775 g/mol. The van der Waals surface area contributed by atoms with Crippen molar-refractivity contribution >= 4 is 13.7 Å². The SMILES string of the molecule is CCCCCCCCCCCCCCCCCCCCCCCCCCCCCCCCC(O)C(COP(=O)([O-])OCC[N+](C)(C)C)NC(=O)CCC. The number of unbranched alkanes of at least 4 members (excludes halogenated alkanes) is 29. The third kappa shape index (κ3) is 39.5. The van der Waals surface area contributed by atoms with Crippen LogP contribution in [0, 0.1) is 0 Å². The quantitative estimate of drug-likeness (QED) is 0.0363. The first-order valence-corrected chi connectivity index (χ1v) is 24.3. The minimum absolute atomic E-state index is 0.0133. The van der Waals surface area contributed by atoms with Gasteiger partial charge in [0.15, 0.2) is 0 Å². The number of carbonyl (C=O) groups is 1. The Balaban J connectivity index is 3.65. The molecule has 9 heteroatoms. The van der Waals surface area contributed by atoms with Crippen molar-refractivity contribution in [3.63, 3.8) is 0 Å². The van der Waals surface area contributed by atoms with Crippen molar-refractivity contribution in [3.8, 4) is 0 Å². The molecule has 8 nitrogen and oxygen atoms in total. The first-order valence-electron chi connectivity index (χ1n) is 22.9. The van der Waals surface area contributed by atoms with Gasteiger partial charge < -0.3 is 28.8 Å². The maximum Gasteiger partial charge on any atom is 0.268 e. The van der Waals surface area contributed by atoms with Gasteiger partial charge in [-0.2, -0.15) is 0 Å². The Morgan fingerprint density at radius 2 is 0.925 bits per heavy atom. The van der Waals surface area contributed by atoms with Crippen LogP contribution in [0.25, 0.3) is 0 Å². The second-order valence-electron chi connectivity index (χ2n) is 17.1. The van der Waals surface area contributed by atoms with Crippen molar-refractivity contribution in [2.45, 2.75) is 238 Å². The predicted octanol–water partition coefficient (Wildman–Crippen LogP) is 12.0. The molecule has 3 unspecified atom stereocenters. The molecule has 0 aromatic carbocycles. The van der Waals surface area contributed by atoms with Crippen molar-refractivity contribution in [3.05, 3.63) is 0 Å². The smallest absolute Gasteiger partial charge is 0.268 e. The average Bonchev–Trinajstić information content (AvgIpc) is 3.10. The van der Waals surface area contributed by atoms with Gasteiger partial charge in [0.05, 0.1) is 39.9 Å². The van der Waals surface area contributed by atoms with Crippen LogP contribution >= 0.6 is 7.82 Å². The van der Waals surface area contributed by atoms with E-state index in [4.69, 9.17) is 9.05 Å². The number of hydrogen-bond donors (Lipinski definition) is 2. The highest BCUT2D eigenvalue weighted by atomic mass is 31.2. The van der Waals surface area contributed by atoms with Gasteiger partial charge in [0.1, 0.15) is 13.2 Å². The lowest BCUT2D eigenvalue weighted by Crippen LogP contribution is -2.46. The molecule has 0 aromatic rings. The molecule has 0 rings (SSSR count). The largest absolute Gasteiger partial charge is 0.756 e. The second kappa shape index (κ2) is 37.1. The third-order valence-corrected chi connectivity index (χ3v) is 11.5. The molecule has 0 aromatic heterocycles. The van der Waals surface area contributed by atoms with Crippen molar-refractivity contribution in [1.29, 1.82) is 0 Å². The summed E-state index contributed by atoms with van der Waals surface area (Å²) in [5.41, 5.74) is 0. The summed E-state index contributed by atoms with van der Waals surface area (Å²) in [4.78, 5) is 24.5. The number of hydrogen-bond acceptors (Lipinski definition) is 6. The fraction of sp³-hybridized carbons (Fsp3) is 0.977. The molecule has 0 aliphatic carbocycles. The molecule has 318 valence electrons. The van der Waals surface area contributed by atoms with E-state index in [1.165, 1.54) is 173 Å². The van der Waals surface area contributed by atoms with Gasteiger partial charge in [-0.1, -0.05) is 206 Å². The number of nitrogens with one attached hydrogen (secondary N) is 1. The standard InChI is InChI=1S/C44H91N2O6P/c1-6-8-9-10-11-12-13-14-15-16-17-18-19-20-21-22-23-24-25-26-27-28-29-30-31-32-33-34-35-36-38-43(47)42(45-44(48)37-7-2)41-52-53(49,50)51-40-39-46(3,4)5/h42-43,47H,6-41H2,1-5H3,(H-,45,48,49,50). The first-order chi connectivity index (χ1) is 25.5. The number of nitrogens with zero attached hydrogens (tertiary/aromatic N) is 1. The lowest BCUT2D eigenvalue weighted by atomic mass is 10.0. The normalized spacial score (nSPS) is 14.3. The number of amides is 1. The van der Waals surface area contributed by atoms with Gasteiger partial charge in [0.25, 0.3) is 7.82 Å². The zero-order chi connectivity index (χ0) is 39.3. The number of aliphatic hydroxyl groups excluding tert-OH is 1. The van der Waals surface area contributed by atoms with Crippen LogP contribution in [-0.4, -0.2) is 68.5 Å². The van der Waals surface area contributed by atoms with E-state index in [0.717, 1.165) is 19.3 Å². The summed E-state index contributed by atoms with van der Waals surface area (Å²) < 4.78 is 22.9. The molecule has 0 aliphatic rings. The van der Waals surface area contributed by atoms with Crippen LogP contribution in [-0.2, 0) is 18.4 Å². The molecule has 0 heterocycles. The van der Waals surface area contributed by atoms with Crippen molar-refractivity contribution in [2.75, 3.05) is 40.9 Å². The number of aliphatic hydroxyl groups is 1. The molecule has 0 saturated carbocycles. The first kappa shape index (κ1) is 52.5. The maximum absolute atomic E-state index is 12.2. The van der Waals surface area contributed by atoms with E-state index in [1.54, 1.807) is 0 Å². The molecule has 0 fully saturated rings. The van der Waals surface area contributed by atoms with Crippen LogP contribution in [0.3, 0.4) is 0 Å². The molecule has 0 spiro atoms. The predicted molar refractivity (Wildman–Crippen MR) is 224 cm³/mol. The molecule has 3 atom stereocenters. The summed E-state index contributed by atoms with van der Waals surface area (Å²) >= 11 is 0. The Kier molecular flexibility index (Phi) is 36.7. The highest BCUT2D eigenvalue weighted by Gasteiger charge is 2.24. The zero-order valence-corrected chi connectivity index (χ0v) is 36.9. The van der Waals surface area contributed by atoms with Crippen molar-refractivity contribution in [1.82, 2.24) is 5.32 Å². The Morgan fingerprint density at radius 1 is 0.585 bits per heavy atom. The Morgan fingerprint density at radius 3 is 1.25 bits per heavy atom. The van der Waals surface area contributed by atoms with E-state index in [2.05, 4.69) is 12.2 Å². The maximum atomic E-state index is 12.2. The van der Waals surface area contributed by atoms with Gasteiger partial charge >= 0.3 is 0 Å². The topological polar surface area (TPSA) is 108 Å². The molecular weight excluding hydrogens is 683 g/mol. The van der Waals surface area contributed by atoms with E-state index in [9.17, 15) is 19.4 Å². The van der Waals surface area contributed by atoms with Crippen molar-refractivity contribution < 1.29 is 32.9 Å². The van der Waals surface area contributed by atoms with Gasteiger partial charge in [-0.3, -0.25) is 9.36 Å². The molecular formula is C44H91N2O6P. The Bertz CT molecular complexity index is 839. The van der Waals surface area contributed by atoms with Gasteiger partial charge in [-0.05, 0) is 12.8 Å². The molecule has 0 radical (unpaired) electrons. The van der Waals surface area contributed by atoms with Gasteiger partial charge in [-0.15, -0.1) is 0 Å². The molecule has 53 heavy (non-hydrogen) atoms. The van der Waals surface area contributed by atoms with E-state index in [1.807, 2.05) is 28.1 Å². The molecule has 2 N–H and O–H groups in total. The molecule has 1 amide bonds. The summed E-state index contributed by atoms with van der Waals surface area (Å²) in [6.07, 6.45) is 41.6. The van der Waals surface area contributed by atoms with Crippen molar-refractivity contribution in [2.24, 2.45) is 0 Å². The Hall–Kier alpha value is -0.500. The number of likely N-dealkylation sites (N-methyl/N-ethyl adjacent to an activating group) is 1. The highest BCUT2D eigenvalue weighted by Crippen LogP contribution is 2.38. The van der Waals surface area contributed by atoms with Crippen LogP contribution in [0.5, 0.6) is 0 Å². The fourth-order valence-electron chi connectivity index (χ4n) is 6.97. The molecule has 0 aliphatic heterocycles. The van der Waals surface area contributed by atoms with Gasteiger partial charge in [-0.25, -0.2) is 0 Å².